The first-order valence-electron chi connectivity index (χ1n) is 7.52. The molecule has 0 unspecified atom stereocenters. The van der Waals surface area contributed by atoms with Crippen LogP contribution in [0.15, 0.2) is 55.0 Å². The van der Waals surface area contributed by atoms with E-state index < -0.39 is 0 Å². The lowest BCUT2D eigenvalue weighted by Gasteiger charge is -2.00. The summed E-state index contributed by atoms with van der Waals surface area (Å²) in [7, 11) is 0. The zero-order valence-electron chi connectivity index (χ0n) is 12.7. The van der Waals surface area contributed by atoms with Crippen LogP contribution in [0.3, 0.4) is 0 Å². The Balaban J connectivity index is 1.58. The summed E-state index contributed by atoms with van der Waals surface area (Å²) >= 11 is 0. The van der Waals surface area contributed by atoms with Gasteiger partial charge in [0.25, 0.3) is 0 Å². The molecule has 0 atom stereocenters. The van der Waals surface area contributed by atoms with Crippen molar-refractivity contribution >= 4 is 23.3 Å². The predicted molar refractivity (Wildman–Crippen MR) is 90.5 cm³/mol. The Kier molecular flexibility index (Phi) is 3.63. The van der Waals surface area contributed by atoms with Gasteiger partial charge in [-0.1, -0.05) is 24.3 Å². The first-order chi connectivity index (χ1) is 11.8. The second-order valence-corrected chi connectivity index (χ2v) is 5.41. The molecule has 4 rings (SSSR count). The van der Waals surface area contributed by atoms with Crippen LogP contribution in [0, 0.1) is 5.82 Å². The SMILES string of the molecule is Fc1ccc(C=Cc2nc3c(cnn3Cc3cccnc3)[nH]2)cc1. The van der Waals surface area contributed by atoms with Gasteiger partial charge in [0.2, 0.25) is 0 Å². The van der Waals surface area contributed by atoms with E-state index in [2.05, 4.69) is 20.1 Å². The predicted octanol–water partition coefficient (Wildman–Crippen LogP) is 3.51. The molecule has 118 valence electrons. The van der Waals surface area contributed by atoms with Gasteiger partial charge < -0.3 is 4.98 Å². The van der Waals surface area contributed by atoms with Crippen LogP contribution in [0.25, 0.3) is 23.3 Å². The molecule has 0 saturated heterocycles. The van der Waals surface area contributed by atoms with Gasteiger partial charge >= 0.3 is 0 Å². The van der Waals surface area contributed by atoms with Crippen molar-refractivity contribution in [3.8, 4) is 0 Å². The van der Waals surface area contributed by atoms with Crippen molar-refractivity contribution in [3.05, 3.63) is 77.8 Å². The number of rotatable bonds is 4. The maximum atomic E-state index is 12.9. The number of benzene rings is 1. The number of nitrogens with zero attached hydrogens (tertiary/aromatic N) is 4. The minimum absolute atomic E-state index is 0.244. The number of pyridine rings is 1. The molecule has 4 aromatic rings. The van der Waals surface area contributed by atoms with Crippen LogP contribution in [-0.2, 0) is 6.54 Å². The highest BCUT2D eigenvalue weighted by atomic mass is 19.1. The Bertz CT molecular complexity index is 983. The Labute approximate surface area is 137 Å². The smallest absolute Gasteiger partial charge is 0.177 e. The highest BCUT2D eigenvalue weighted by Crippen LogP contribution is 2.14. The number of H-pyrrole nitrogens is 1. The molecule has 0 aliphatic carbocycles. The van der Waals surface area contributed by atoms with E-state index in [9.17, 15) is 4.39 Å². The first-order valence-corrected chi connectivity index (χ1v) is 7.52. The topological polar surface area (TPSA) is 59.4 Å². The van der Waals surface area contributed by atoms with Gasteiger partial charge in [-0.3, -0.25) is 4.98 Å². The number of hydrogen-bond donors (Lipinski definition) is 1. The van der Waals surface area contributed by atoms with Crippen LogP contribution in [0.2, 0.25) is 0 Å². The van der Waals surface area contributed by atoms with E-state index in [1.54, 1.807) is 24.5 Å². The number of nitrogens with one attached hydrogen (secondary N) is 1. The third kappa shape index (κ3) is 2.94. The van der Waals surface area contributed by atoms with Crippen molar-refractivity contribution in [2.75, 3.05) is 0 Å². The highest BCUT2D eigenvalue weighted by Gasteiger charge is 2.08. The third-order valence-corrected chi connectivity index (χ3v) is 3.66. The van der Waals surface area contributed by atoms with Crippen LogP contribution in [0.4, 0.5) is 4.39 Å². The zero-order chi connectivity index (χ0) is 16.4. The maximum absolute atomic E-state index is 12.9. The van der Waals surface area contributed by atoms with Crippen molar-refractivity contribution in [1.82, 2.24) is 24.7 Å². The van der Waals surface area contributed by atoms with Crippen LogP contribution in [0.1, 0.15) is 17.0 Å². The van der Waals surface area contributed by atoms with Crippen LogP contribution >= 0.6 is 0 Å². The Morgan fingerprint density at radius 3 is 2.75 bits per heavy atom. The van der Waals surface area contributed by atoms with Gasteiger partial charge in [0.05, 0.1) is 12.7 Å². The van der Waals surface area contributed by atoms with Gasteiger partial charge in [0.1, 0.15) is 17.2 Å². The van der Waals surface area contributed by atoms with Crippen molar-refractivity contribution in [2.24, 2.45) is 0 Å². The molecule has 6 heteroatoms. The molecule has 24 heavy (non-hydrogen) atoms. The van der Waals surface area contributed by atoms with Gasteiger partial charge in [-0.2, -0.15) is 5.10 Å². The molecule has 3 aromatic heterocycles. The van der Waals surface area contributed by atoms with Crippen molar-refractivity contribution in [1.29, 1.82) is 0 Å². The summed E-state index contributed by atoms with van der Waals surface area (Å²) < 4.78 is 14.7. The van der Waals surface area contributed by atoms with E-state index >= 15 is 0 Å². The molecule has 1 aromatic carbocycles. The summed E-state index contributed by atoms with van der Waals surface area (Å²) in [5, 5.41) is 4.35. The Hall–Kier alpha value is -3.28. The van der Waals surface area contributed by atoms with Gasteiger partial charge in [0, 0.05) is 12.4 Å². The van der Waals surface area contributed by atoms with Crippen LogP contribution < -0.4 is 0 Å². The number of halogens is 1. The fraction of sp³-hybridized carbons (Fsp3) is 0.0556. The molecule has 0 amide bonds. The van der Waals surface area contributed by atoms with E-state index in [0.717, 1.165) is 28.1 Å². The standard InChI is InChI=1S/C18H14FN5/c19-15-6-3-13(4-7-15)5-8-17-22-16-11-21-24(18(16)23-17)12-14-2-1-9-20-10-14/h1-11H,12H2,(H,22,23). The molecule has 0 fully saturated rings. The largest absolute Gasteiger partial charge is 0.336 e. The molecular weight excluding hydrogens is 305 g/mol. The van der Waals surface area contributed by atoms with E-state index in [4.69, 9.17) is 0 Å². The molecular formula is C18H14FN5. The average Bonchev–Trinajstić information content (AvgIpc) is 3.17. The second-order valence-electron chi connectivity index (χ2n) is 5.41. The minimum atomic E-state index is -0.244. The van der Waals surface area contributed by atoms with Gasteiger partial charge in [-0.25, -0.2) is 14.1 Å². The minimum Gasteiger partial charge on any atom is -0.336 e. The van der Waals surface area contributed by atoms with Crippen molar-refractivity contribution < 1.29 is 4.39 Å². The molecule has 5 nitrogen and oxygen atoms in total. The van der Waals surface area contributed by atoms with Crippen LogP contribution in [-0.4, -0.2) is 24.7 Å². The number of aromatic nitrogens is 5. The molecule has 0 aliphatic rings. The zero-order valence-corrected chi connectivity index (χ0v) is 12.7. The summed E-state index contributed by atoms with van der Waals surface area (Å²) in [6, 6.07) is 10.2. The lowest BCUT2D eigenvalue weighted by atomic mass is 10.2. The fourth-order valence-electron chi connectivity index (χ4n) is 2.47. The highest BCUT2D eigenvalue weighted by molar-refractivity contribution is 5.75. The quantitative estimate of drug-likeness (QED) is 0.626. The molecule has 0 radical (unpaired) electrons. The normalized spacial score (nSPS) is 11.5. The van der Waals surface area contributed by atoms with E-state index in [1.807, 2.05) is 35.2 Å². The van der Waals surface area contributed by atoms with Gasteiger partial charge in [0.15, 0.2) is 5.65 Å². The van der Waals surface area contributed by atoms with Crippen molar-refractivity contribution in [2.45, 2.75) is 6.54 Å². The number of aromatic amines is 1. The molecule has 0 aliphatic heterocycles. The number of hydrogen-bond acceptors (Lipinski definition) is 3. The lowest BCUT2D eigenvalue weighted by Crippen LogP contribution is -2.02. The molecule has 0 saturated carbocycles. The molecule has 3 heterocycles. The Morgan fingerprint density at radius 2 is 1.96 bits per heavy atom. The van der Waals surface area contributed by atoms with E-state index in [1.165, 1.54) is 12.1 Å². The lowest BCUT2D eigenvalue weighted by molar-refractivity contribution is 0.628. The van der Waals surface area contributed by atoms with E-state index in [0.29, 0.717) is 6.54 Å². The Morgan fingerprint density at radius 1 is 1.08 bits per heavy atom. The monoisotopic (exact) mass is 319 g/mol. The van der Waals surface area contributed by atoms with Gasteiger partial charge in [-0.05, 0) is 35.4 Å². The number of imidazole rings is 1. The number of fused-ring (bicyclic) bond motifs is 1. The maximum Gasteiger partial charge on any atom is 0.177 e. The second kappa shape index (κ2) is 6.08. The van der Waals surface area contributed by atoms with Crippen molar-refractivity contribution in [3.63, 3.8) is 0 Å². The van der Waals surface area contributed by atoms with E-state index in [-0.39, 0.29) is 5.82 Å². The fourth-order valence-corrected chi connectivity index (χ4v) is 2.47. The third-order valence-electron chi connectivity index (χ3n) is 3.66. The average molecular weight is 319 g/mol. The summed E-state index contributed by atoms with van der Waals surface area (Å²) in [6.45, 7) is 0.614. The first kappa shape index (κ1) is 14.3. The summed E-state index contributed by atoms with van der Waals surface area (Å²) in [5.74, 6) is 0.484. The summed E-state index contributed by atoms with van der Waals surface area (Å²) in [4.78, 5) is 11.9. The molecule has 0 bridgehead atoms. The molecule has 0 spiro atoms. The molecule has 1 N–H and O–H groups in total. The van der Waals surface area contributed by atoms with Crippen LogP contribution in [0.5, 0.6) is 0 Å². The van der Waals surface area contributed by atoms with Gasteiger partial charge in [-0.15, -0.1) is 0 Å². The summed E-state index contributed by atoms with van der Waals surface area (Å²) in [6.07, 6.45) is 9.07. The summed E-state index contributed by atoms with van der Waals surface area (Å²) in [5.41, 5.74) is 3.64.